The smallest absolute Gasteiger partial charge is 0.322 e. The number of rotatable bonds is 3. The van der Waals surface area contributed by atoms with Crippen molar-refractivity contribution in [2.24, 2.45) is 0 Å². The molecule has 0 unspecified atom stereocenters. The lowest BCUT2D eigenvalue weighted by Gasteiger charge is -2.14. The number of nitrogens with zero attached hydrogens (tertiary/aromatic N) is 3. The molecule has 3 amide bonds. The molecule has 0 fully saturated rings. The van der Waals surface area contributed by atoms with Crippen LogP contribution < -0.4 is 10.2 Å². The van der Waals surface area contributed by atoms with E-state index < -0.39 is 29.5 Å². The Morgan fingerprint density at radius 1 is 0.900 bits per heavy atom. The van der Waals surface area contributed by atoms with Gasteiger partial charge in [-0.25, -0.2) is 4.90 Å². The number of imide groups is 1. The first kappa shape index (κ1) is 19.2. The Bertz CT molecular complexity index is 1140. The maximum Gasteiger partial charge on any atom is 0.416 e. The third-order valence-electron chi connectivity index (χ3n) is 4.43. The molecule has 30 heavy (non-hydrogen) atoms. The van der Waals surface area contributed by atoms with Crippen LogP contribution in [0.3, 0.4) is 0 Å². The molecule has 1 aliphatic heterocycles. The summed E-state index contributed by atoms with van der Waals surface area (Å²) in [5, 5.41) is 9.58. The van der Waals surface area contributed by atoms with Crippen molar-refractivity contribution in [2.75, 3.05) is 10.2 Å². The summed E-state index contributed by atoms with van der Waals surface area (Å²) < 4.78 is 38.4. The molecular formula is C20H11F3N4O3. The highest BCUT2D eigenvalue weighted by Gasteiger charge is 2.37. The van der Waals surface area contributed by atoms with Crippen molar-refractivity contribution < 1.29 is 27.6 Å². The number of hydrogen-bond donors (Lipinski definition) is 1. The summed E-state index contributed by atoms with van der Waals surface area (Å²) in [7, 11) is 0. The molecule has 4 rings (SSSR count). The summed E-state index contributed by atoms with van der Waals surface area (Å²) in [5.74, 6) is -1.77. The molecule has 0 saturated carbocycles. The van der Waals surface area contributed by atoms with Gasteiger partial charge < -0.3 is 5.32 Å². The van der Waals surface area contributed by atoms with E-state index in [9.17, 15) is 27.6 Å². The van der Waals surface area contributed by atoms with Crippen LogP contribution >= 0.6 is 0 Å². The van der Waals surface area contributed by atoms with E-state index in [1.54, 1.807) is 0 Å². The summed E-state index contributed by atoms with van der Waals surface area (Å²) in [6.45, 7) is 0. The van der Waals surface area contributed by atoms with Crippen molar-refractivity contribution in [2.45, 2.75) is 6.18 Å². The maximum absolute atomic E-state index is 12.8. The van der Waals surface area contributed by atoms with Gasteiger partial charge in [-0.2, -0.15) is 23.4 Å². The average molecular weight is 412 g/mol. The minimum absolute atomic E-state index is 0.0146. The number of amides is 3. The number of halogens is 3. The quantitative estimate of drug-likeness (QED) is 0.665. The van der Waals surface area contributed by atoms with Crippen LogP contribution in [0.4, 0.5) is 24.5 Å². The largest absolute Gasteiger partial charge is 0.416 e. The van der Waals surface area contributed by atoms with E-state index >= 15 is 0 Å². The van der Waals surface area contributed by atoms with Gasteiger partial charge in [0.05, 0.1) is 34.8 Å². The Kier molecular flexibility index (Phi) is 4.53. The fourth-order valence-electron chi connectivity index (χ4n) is 2.97. The van der Waals surface area contributed by atoms with E-state index in [0.29, 0.717) is 0 Å². The molecule has 1 aliphatic rings. The molecule has 0 bridgehead atoms. The Balaban J connectivity index is 1.53. The van der Waals surface area contributed by atoms with Crippen LogP contribution in [-0.4, -0.2) is 27.9 Å². The zero-order valence-corrected chi connectivity index (χ0v) is 15.0. The average Bonchev–Trinajstić information content (AvgIpc) is 2.98. The second-order valence-corrected chi connectivity index (χ2v) is 6.34. The lowest BCUT2D eigenvalue weighted by atomic mass is 10.1. The number of alkyl halides is 3. The highest BCUT2D eigenvalue weighted by Crippen LogP contribution is 2.31. The van der Waals surface area contributed by atoms with Crippen molar-refractivity contribution in [1.29, 1.82) is 0 Å². The molecule has 150 valence electrons. The third kappa shape index (κ3) is 3.39. The molecule has 0 atom stereocenters. The first-order valence-electron chi connectivity index (χ1n) is 8.54. The molecular weight excluding hydrogens is 401 g/mol. The Labute approximate surface area is 167 Å². The molecule has 1 aromatic heterocycles. The molecule has 2 heterocycles. The van der Waals surface area contributed by atoms with E-state index in [2.05, 4.69) is 15.5 Å². The zero-order valence-electron chi connectivity index (χ0n) is 15.0. The predicted octanol–water partition coefficient (Wildman–Crippen LogP) is 3.55. The summed E-state index contributed by atoms with van der Waals surface area (Å²) in [6, 6.07) is 9.75. The number of anilines is 2. The number of benzene rings is 2. The molecule has 1 N–H and O–H groups in total. The van der Waals surface area contributed by atoms with E-state index in [1.807, 2.05) is 0 Å². The van der Waals surface area contributed by atoms with Gasteiger partial charge in [-0.05, 0) is 42.5 Å². The molecule has 3 aromatic rings. The van der Waals surface area contributed by atoms with Crippen LogP contribution in [-0.2, 0) is 6.18 Å². The van der Waals surface area contributed by atoms with Gasteiger partial charge in [-0.1, -0.05) is 6.07 Å². The van der Waals surface area contributed by atoms with Gasteiger partial charge in [-0.3, -0.25) is 14.4 Å². The summed E-state index contributed by atoms with van der Waals surface area (Å²) in [5.41, 5.74) is -0.278. The van der Waals surface area contributed by atoms with Crippen LogP contribution in [0.15, 0.2) is 60.9 Å². The normalized spacial score (nSPS) is 13.4. The highest BCUT2D eigenvalue weighted by molar-refractivity contribution is 6.34. The maximum atomic E-state index is 12.8. The Morgan fingerprint density at radius 3 is 2.07 bits per heavy atom. The van der Waals surface area contributed by atoms with Crippen molar-refractivity contribution in [3.8, 4) is 0 Å². The summed E-state index contributed by atoms with van der Waals surface area (Å²) >= 11 is 0. The van der Waals surface area contributed by atoms with Crippen LogP contribution in [0, 0.1) is 0 Å². The second-order valence-electron chi connectivity index (χ2n) is 6.34. The van der Waals surface area contributed by atoms with E-state index in [4.69, 9.17) is 0 Å². The molecule has 0 spiro atoms. The summed E-state index contributed by atoms with van der Waals surface area (Å²) in [6.07, 6.45) is -2.13. The first-order chi connectivity index (χ1) is 14.3. The van der Waals surface area contributed by atoms with Crippen molar-refractivity contribution >= 4 is 29.1 Å². The fraction of sp³-hybridized carbons (Fsp3) is 0.0500. The first-order valence-corrected chi connectivity index (χ1v) is 8.54. The van der Waals surface area contributed by atoms with Gasteiger partial charge in [0.1, 0.15) is 0 Å². The molecule has 10 heteroatoms. The van der Waals surface area contributed by atoms with Crippen molar-refractivity contribution in [3.63, 3.8) is 0 Å². The zero-order chi connectivity index (χ0) is 21.5. The van der Waals surface area contributed by atoms with E-state index in [0.717, 1.165) is 17.0 Å². The molecule has 2 aromatic carbocycles. The molecule has 7 nitrogen and oxygen atoms in total. The third-order valence-corrected chi connectivity index (χ3v) is 4.43. The van der Waals surface area contributed by atoms with Gasteiger partial charge in [0.25, 0.3) is 17.7 Å². The molecule has 0 saturated heterocycles. The number of aromatic nitrogens is 2. The minimum atomic E-state index is -4.53. The second kappa shape index (κ2) is 7.07. The van der Waals surface area contributed by atoms with Crippen LogP contribution in [0.5, 0.6) is 0 Å². The fourth-order valence-corrected chi connectivity index (χ4v) is 2.97. The standard InChI is InChI=1S/C20H11F3N4O3/c21-20(22,23)12-2-1-3-13(8-12)26-17(28)11-4-6-14(7-5-11)27-18(29)15-9-24-25-10-16(15)19(27)30/h1-10H,(H,26,28). The number of carbonyl (C=O) groups excluding carboxylic acids is 3. The van der Waals surface area contributed by atoms with Gasteiger partial charge in [0.2, 0.25) is 0 Å². The van der Waals surface area contributed by atoms with Gasteiger partial charge in [-0.15, -0.1) is 0 Å². The highest BCUT2D eigenvalue weighted by atomic mass is 19.4. The lowest BCUT2D eigenvalue weighted by Crippen LogP contribution is -2.29. The Hall–Kier alpha value is -4.08. The van der Waals surface area contributed by atoms with E-state index in [-0.39, 0.29) is 28.1 Å². The van der Waals surface area contributed by atoms with Gasteiger partial charge >= 0.3 is 6.18 Å². The van der Waals surface area contributed by atoms with E-state index in [1.165, 1.54) is 48.8 Å². The molecule has 0 aliphatic carbocycles. The topological polar surface area (TPSA) is 92.3 Å². The number of fused-ring (bicyclic) bond motifs is 1. The Morgan fingerprint density at radius 2 is 1.50 bits per heavy atom. The summed E-state index contributed by atoms with van der Waals surface area (Å²) in [4.78, 5) is 38.2. The SMILES string of the molecule is O=C(Nc1cccc(C(F)(F)F)c1)c1ccc(N2C(=O)c3cnncc3C2=O)cc1. The van der Waals surface area contributed by atoms with Crippen LogP contribution in [0.2, 0.25) is 0 Å². The predicted molar refractivity (Wildman–Crippen MR) is 99.0 cm³/mol. The monoisotopic (exact) mass is 412 g/mol. The minimum Gasteiger partial charge on any atom is -0.322 e. The van der Waals surface area contributed by atoms with Gasteiger partial charge in [0.15, 0.2) is 0 Å². The van der Waals surface area contributed by atoms with Crippen molar-refractivity contribution in [1.82, 2.24) is 10.2 Å². The lowest BCUT2D eigenvalue weighted by molar-refractivity contribution is -0.137. The van der Waals surface area contributed by atoms with Crippen molar-refractivity contribution in [3.05, 3.63) is 83.2 Å². The number of nitrogens with one attached hydrogen (secondary N) is 1. The van der Waals surface area contributed by atoms with Crippen LogP contribution in [0.1, 0.15) is 36.6 Å². The molecule has 0 radical (unpaired) electrons. The number of carbonyl (C=O) groups is 3. The number of hydrogen-bond acceptors (Lipinski definition) is 5. The van der Waals surface area contributed by atoms with Gasteiger partial charge in [0, 0.05) is 11.3 Å². The van der Waals surface area contributed by atoms with Crippen LogP contribution in [0.25, 0.3) is 0 Å².